The van der Waals surface area contributed by atoms with Crippen LogP contribution in [0.1, 0.15) is 136 Å². The fourth-order valence-electron chi connectivity index (χ4n) is 5.96. The first kappa shape index (κ1) is 28.2. The van der Waals surface area contributed by atoms with Gasteiger partial charge in [0.2, 0.25) is 0 Å². The molecule has 1 fully saturated rings. The SMILES string of the molecule is CC(C)c1cccc(C(C)C)c1NCc1cc2c(cc1B1OC(C)(C)C(C)(C)O1)C(C)(C)CCC2(C)C. The molecule has 202 valence electrons. The highest BCUT2D eigenvalue weighted by atomic mass is 16.7. The standard InChI is InChI=1S/C33H50BNO2/c1-21(2)24-14-13-15-25(22(3)4)29(24)35-20-23-18-26-27(31(7,8)17-16-30(26,5)6)19-28(23)34-36-32(9,10)33(11,12)37-34/h13-15,18-19,21-22,35H,16-17,20H2,1-12H3. The van der Waals surface area contributed by atoms with Crippen LogP contribution in [0.3, 0.4) is 0 Å². The van der Waals surface area contributed by atoms with Crippen molar-refractivity contribution in [1.29, 1.82) is 0 Å². The molecule has 1 aliphatic carbocycles. The lowest BCUT2D eigenvalue weighted by Gasteiger charge is -2.42. The van der Waals surface area contributed by atoms with Gasteiger partial charge in [-0.25, -0.2) is 0 Å². The molecule has 4 heteroatoms. The van der Waals surface area contributed by atoms with Crippen LogP contribution in [0.2, 0.25) is 0 Å². The average Bonchev–Trinajstić information content (AvgIpc) is 3.01. The molecule has 4 rings (SSSR count). The summed E-state index contributed by atoms with van der Waals surface area (Å²) in [5, 5.41) is 3.91. The second-order valence-electron chi connectivity index (χ2n) is 14.4. The van der Waals surface area contributed by atoms with Crippen LogP contribution in [0.15, 0.2) is 30.3 Å². The molecule has 1 saturated heterocycles. The summed E-state index contributed by atoms with van der Waals surface area (Å²) in [6.07, 6.45) is 2.39. The number of fused-ring (bicyclic) bond motifs is 1. The molecule has 0 bridgehead atoms. The summed E-state index contributed by atoms with van der Waals surface area (Å²) in [7, 11) is -0.377. The molecule has 1 heterocycles. The summed E-state index contributed by atoms with van der Waals surface area (Å²) in [5.74, 6) is 0.902. The number of benzene rings is 2. The molecule has 0 spiro atoms. The van der Waals surface area contributed by atoms with Crippen LogP contribution in [-0.4, -0.2) is 18.3 Å². The van der Waals surface area contributed by atoms with Crippen molar-refractivity contribution in [2.24, 2.45) is 0 Å². The first-order chi connectivity index (χ1) is 17.0. The van der Waals surface area contributed by atoms with E-state index >= 15 is 0 Å². The third kappa shape index (κ3) is 5.13. The maximum atomic E-state index is 6.63. The summed E-state index contributed by atoms with van der Waals surface area (Å²) < 4.78 is 13.3. The molecule has 0 amide bonds. The zero-order valence-electron chi connectivity index (χ0n) is 25.6. The van der Waals surface area contributed by atoms with Crippen molar-refractivity contribution >= 4 is 18.3 Å². The van der Waals surface area contributed by atoms with E-state index in [1.54, 1.807) is 0 Å². The highest BCUT2D eigenvalue weighted by Gasteiger charge is 2.52. The maximum absolute atomic E-state index is 6.63. The lowest BCUT2D eigenvalue weighted by atomic mass is 9.60. The van der Waals surface area contributed by atoms with Gasteiger partial charge in [-0.15, -0.1) is 0 Å². The Balaban J connectivity index is 1.84. The van der Waals surface area contributed by atoms with Crippen LogP contribution in [0.25, 0.3) is 0 Å². The molecule has 1 aliphatic heterocycles. The molecule has 0 saturated carbocycles. The lowest BCUT2D eigenvalue weighted by molar-refractivity contribution is 0.00578. The Kier molecular flexibility index (Phi) is 7.21. The third-order valence-electron chi connectivity index (χ3n) is 9.45. The number of nitrogens with one attached hydrogen (secondary N) is 1. The van der Waals surface area contributed by atoms with Crippen molar-refractivity contribution in [2.75, 3.05) is 5.32 Å². The minimum absolute atomic E-state index is 0.129. The van der Waals surface area contributed by atoms with E-state index in [1.807, 2.05) is 0 Å². The Morgan fingerprint density at radius 1 is 0.757 bits per heavy atom. The summed E-state index contributed by atoms with van der Waals surface area (Å²) >= 11 is 0. The first-order valence-corrected chi connectivity index (χ1v) is 14.4. The second kappa shape index (κ2) is 9.45. The number of para-hydroxylation sites is 1. The summed E-state index contributed by atoms with van der Waals surface area (Å²) in [5.41, 5.74) is 8.93. The van der Waals surface area contributed by atoms with Gasteiger partial charge in [-0.2, -0.15) is 0 Å². The zero-order valence-corrected chi connectivity index (χ0v) is 25.6. The topological polar surface area (TPSA) is 30.5 Å². The van der Waals surface area contributed by atoms with Crippen molar-refractivity contribution in [2.45, 2.75) is 136 Å². The third-order valence-corrected chi connectivity index (χ3v) is 9.45. The summed E-state index contributed by atoms with van der Waals surface area (Å²) in [4.78, 5) is 0. The molecule has 1 N–H and O–H groups in total. The Bertz CT molecular complexity index is 1120. The van der Waals surface area contributed by atoms with E-state index in [1.165, 1.54) is 51.8 Å². The van der Waals surface area contributed by atoms with Crippen molar-refractivity contribution < 1.29 is 9.31 Å². The quantitative estimate of drug-likeness (QED) is 0.403. The normalized spacial score (nSPS) is 21.4. The molecule has 3 nitrogen and oxygen atoms in total. The maximum Gasteiger partial charge on any atom is 0.495 e. The Morgan fingerprint density at radius 2 is 1.22 bits per heavy atom. The smallest absolute Gasteiger partial charge is 0.399 e. The predicted molar refractivity (Wildman–Crippen MR) is 159 cm³/mol. The predicted octanol–water partition coefficient (Wildman–Crippen LogP) is 8.19. The molecule has 0 unspecified atom stereocenters. The fourth-order valence-corrected chi connectivity index (χ4v) is 5.96. The van der Waals surface area contributed by atoms with E-state index < -0.39 is 0 Å². The molecule has 37 heavy (non-hydrogen) atoms. The van der Waals surface area contributed by atoms with Crippen molar-refractivity contribution in [3.05, 3.63) is 58.1 Å². The zero-order chi connectivity index (χ0) is 27.6. The molecule has 2 aliphatic rings. The van der Waals surface area contributed by atoms with E-state index in [2.05, 4.69) is 119 Å². The van der Waals surface area contributed by atoms with Gasteiger partial charge in [-0.05, 0) is 96.5 Å². The van der Waals surface area contributed by atoms with E-state index in [-0.39, 0.29) is 29.2 Å². The number of anilines is 1. The van der Waals surface area contributed by atoms with Gasteiger partial charge >= 0.3 is 7.12 Å². The van der Waals surface area contributed by atoms with Crippen molar-refractivity contribution in [3.8, 4) is 0 Å². The van der Waals surface area contributed by atoms with E-state index in [9.17, 15) is 0 Å². The van der Waals surface area contributed by atoms with E-state index in [4.69, 9.17) is 9.31 Å². The van der Waals surface area contributed by atoms with Crippen LogP contribution in [-0.2, 0) is 26.7 Å². The number of hydrogen-bond acceptors (Lipinski definition) is 3. The average molecular weight is 504 g/mol. The van der Waals surface area contributed by atoms with Gasteiger partial charge in [0.15, 0.2) is 0 Å². The number of rotatable bonds is 6. The van der Waals surface area contributed by atoms with Gasteiger partial charge in [-0.3, -0.25) is 0 Å². The molecule has 2 aromatic rings. The van der Waals surface area contributed by atoms with Crippen molar-refractivity contribution in [3.63, 3.8) is 0 Å². The molecular formula is C33H50BNO2. The van der Waals surface area contributed by atoms with Gasteiger partial charge in [-0.1, -0.05) is 85.7 Å². The van der Waals surface area contributed by atoms with Crippen molar-refractivity contribution in [1.82, 2.24) is 0 Å². The molecule has 0 atom stereocenters. The Morgan fingerprint density at radius 3 is 1.68 bits per heavy atom. The van der Waals surface area contributed by atoms with Crippen LogP contribution >= 0.6 is 0 Å². The Labute approximate surface area is 227 Å². The fraction of sp³-hybridized carbons (Fsp3) is 0.636. The largest absolute Gasteiger partial charge is 0.495 e. The monoisotopic (exact) mass is 503 g/mol. The van der Waals surface area contributed by atoms with E-state index in [0.29, 0.717) is 11.8 Å². The molecule has 2 aromatic carbocycles. The van der Waals surface area contributed by atoms with Gasteiger partial charge in [0.05, 0.1) is 11.2 Å². The van der Waals surface area contributed by atoms with Crippen LogP contribution in [0.4, 0.5) is 5.69 Å². The first-order valence-electron chi connectivity index (χ1n) is 14.4. The van der Waals surface area contributed by atoms with Gasteiger partial charge < -0.3 is 14.6 Å². The molecule has 0 radical (unpaired) electrons. The van der Waals surface area contributed by atoms with Crippen LogP contribution < -0.4 is 10.8 Å². The van der Waals surface area contributed by atoms with Crippen LogP contribution in [0.5, 0.6) is 0 Å². The minimum atomic E-state index is -0.377. The van der Waals surface area contributed by atoms with Gasteiger partial charge in [0.25, 0.3) is 0 Å². The highest BCUT2D eigenvalue weighted by Crippen LogP contribution is 2.46. The molecule has 0 aromatic heterocycles. The number of hydrogen-bond donors (Lipinski definition) is 1. The Hall–Kier alpha value is -1.78. The van der Waals surface area contributed by atoms with Crippen LogP contribution in [0, 0.1) is 0 Å². The lowest BCUT2D eigenvalue weighted by Crippen LogP contribution is -2.41. The summed E-state index contributed by atoms with van der Waals surface area (Å²) in [6, 6.07) is 11.6. The minimum Gasteiger partial charge on any atom is -0.399 e. The van der Waals surface area contributed by atoms with Gasteiger partial charge in [0, 0.05) is 12.2 Å². The molecular weight excluding hydrogens is 453 g/mol. The summed E-state index contributed by atoms with van der Waals surface area (Å²) in [6.45, 7) is 28.0. The van der Waals surface area contributed by atoms with Gasteiger partial charge in [0.1, 0.15) is 0 Å². The second-order valence-corrected chi connectivity index (χ2v) is 14.4. The highest BCUT2D eigenvalue weighted by molar-refractivity contribution is 6.62. The van der Waals surface area contributed by atoms with E-state index in [0.717, 1.165) is 6.54 Å².